The second kappa shape index (κ2) is 5.69. The van der Waals surface area contributed by atoms with Crippen molar-refractivity contribution in [1.29, 1.82) is 0 Å². The molecule has 1 aliphatic heterocycles. The van der Waals surface area contributed by atoms with Crippen molar-refractivity contribution in [2.45, 2.75) is 38.3 Å². The maximum Gasteiger partial charge on any atom is 0.410 e. The lowest BCUT2D eigenvalue weighted by Gasteiger charge is -2.20. The first-order valence-corrected chi connectivity index (χ1v) is 5.48. The Balaban J connectivity index is 2.50. The number of amides is 1. The number of carbonyl (C=O) groups is 2. The molecule has 0 radical (unpaired) electrons. The van der Waals surface area contributed by atoms with E-state index in [0.717, 1.165) is 12.8 Å². The molecule has 3 N–H and O–H groups in total. The standard InChI is InChI=1S/C10H18N2O4/c1-2-3-4-16-10(15)12-6-7(11)5-8(12)9(13)14/h7-8H,2-6,11H2,1H3,(H,13,14). The molecule has 0 aromatic carbocycles. The molecule has 1 saturated heterocycles. The monoisotopic (exact) mass is 230 g/mol. The quantitative estimate of drug-likeness (QED) is 0.682. The second-order valence-corrected chi connectivity index (χ2v) is 3.97. The van der Waals surface area contributed by atoms with Crippen LogP contribution in [0, 0.1) is 0 Å². The predicted octanol–water partition coefficient (Wildman–Crippen LogP) is 0.409. The first kappa shape index (κ1) is 12.8. The summed E-state index contributed by atoms with van der Waals surface area (Å²) >= 11 is 0. The third-order valence-electron chi connectivity index (χ3n) is 2.58. The normalized spacial score (nSPS) is 24.5. The van der Waals surface area contributed by atoms with E-state index in [4.69, 9.17) is 15.6 Å². The van der Waals surface area contributed by atoms with Crippen LogP contribution in [-0.4, -0.2) is 47.3 Å². The van der Waals surface area contributed by atoms with Crippen molar-refractivity contribution in [2.75, 3.05) is 13.2 Å². The van der Waals surface area contributed by atoms with Gasteiger partial charge in [0.05, 0.1) is 6.61 Å². The Morgan fingerprint density at radius 3 is 2.81 bits per heavy atom. The van der Waals surface area contributed by atoms with Crippen molar-refractivity contribution in [1.82, 2.24) is 4.90 Å². The third kappa shape index (κ3) is 3.10. The van der Waals surface area contributed by atoms with Gasteiger partial charge >= 0.3 is 12.1 Å². The number of carboxylic acids is 1. The van der Waals surface area contributed by atoms with Gasteiger partial charge in [0.2, 0.25) is 0 Å². The second-order valence-electron chi connectivity index (χ2n) is 3.97. The summed E-state index contributed by atoms with van der Waals surface area (Å²) in [5, 5.41) is 8.92. The van der Waals surface area contributed by atoms with E-state index in [0.29, 0.717) is 6.61 Å². The van der Waals surface area contributed by atoms with Gasteiger partial charge in [0, 0.05) is 12.6 Å². The minimum atomic E-state index is -1.03. The summed E-state index contributed by atoms with van der Waals surface area (Å²) in [7, 11) is 0. The Labute approximate surface area is 94.3 Å². The number of hydrogen-bond acceptors (Lipinski definition) is 4. The summed E-state index contributed by atoms with van der Waals surface area (Å²) in [6, 6.07) is -1.12. The van der Waals surface area contributed by atoms with Crippen LogP contribution in [0.5, 0.6) is 0 Å². The minimum Gasteiger partial charge on any atom is -0.480 e. The molecule has 2 atom stereocenters. The first-order chi connectivity index (χ1) is 7.56. The van der Waals surface area contributed by atoms with Crippen LogP contribution >= 0.6 is 0 Å². The Morgan fingerprint density at radius 2 is 2.25 bits per heavy atom. The fourth-order valence-corrected chi connectivity index (χ4v) is 1.69. The number of nitrogens with two attached hydrogens (primary N) is 1. The molecule has 92 valence electrons. The van der Waals surface area contributed by atoms with Crippen molar-refractivity contribution in [2.24, 2.45) is 5.73 Å². The molecule has 1 amide bonds. The van der Waals surface area contributed by atoms with Crippen LogP contribution in [0.25, 0.3) is 0 Å². The number of hydrogen-bond donors (Lipinski definition) is 2. The largest absolute Gasteiger partial charge is 0.480 e. The highest BCUT2D eigenvalue weighted by molar-refractivity contribution is 5.80. The van der Waals surface area contributed by atoms with E-state index >= 15 is 0 Å². The third-order valence-corrected chi connectivity index (χ3v) is 2.58. The minimum absolute atomic E-state index is 0.252. The van der Waals surface area contributed by atoms with Crippen molar-refractivity contribution >= 4 is 12.1 Å². The van der Waals surface area contributed by atoms with Crippen molar-refractivity contribution in [3.05, 3.63) is 0 Å². The van der Waals surface area contributed by atoms with Gasteiger partial charge in [-0.05, 0) is 12.8 Å². The molecule has 0 bridgehead atoms. The molecule has 0 aromatic heterocycles. The number of carbonyl (C=O) groups excluding carboxylic acids is 1. The smallest absolute Gasteiger partial charge is 0.410 e. The Morgan fingerprint density at radius 1 is 1.56 bits per heavy atom. The Kier molecular flexibility index (Phi) is 4.54. The lowest BCUT2D eigenvalue weighted by atomic mass is 10.2. The maximum atomic E-state index is 11.6. The molecule has 6 heteroatoms. The molecule has 0 aliphatic carbocycles. The van der Waals surface area contributed by atoms with E-state index in [1.807, 2.05) is 6.92 Å². The van der Waals surface area contributed by atoms with E-state index in [2.05, 4.69) is 0 Å². The highest BCUT2D eigenvalue weighted by Crippen LogP contribution is 2.17. The van der Waals surface area contributed by atoms with E-state index in [-0.39, 0.29) is 19.0 Å². The SMILES string of the molecule is CCCCOC(=O)N1CC(N)CC1C(=O)O. The molecule has 1 fully saturated rings. The summed E-state index contributed by atoms with van der Waals surface area (Å²) < 4.78 is 4.96. The van der Waals surface area contributed by atoms with Crippen molar-refractivity contribution < 1.29 is 19.4 Å². The van der Waals surface area contributed by atoms with Crippen LogP contribution in [0.1, 0.15) is 26.2 Å². The van der Waals surface area contributed by atoms with Gasteiger partial charge in [0.1, 0.15) is 6.04 Å². The topological polar surface area (TPSA) is 92.9 Å². The first-order valence-electron chi connectivity index (χ1n) is 5.48. The van der Waals surface area contributed by atoms with Crippen molar-refractivity contribution in [3.63, 3.8) is 0 Å². The summed E-state index contributed by atoms with van der Waals surface area (Å²) in [6.45, 7) is 2.56. The molecule has 1 aliphatic rings. The van der Waals surface area contributed by atoms with E-state index in [1.165, 1.54) is 4.90 Å². The number of ether oxygens (including phenoxy) is 1. The number of rotatable bonds is 4. The van der Waals surface area contributed by atoms with Crippen LogP contribution in [0.2, 0.25) is 0 Å². The number of unbranched alkanes of at least 4 members (excludes halogenated alkanes) is 1. The van der Waals surface area contributed by atoms with Gasteiger partial charge in [-0.25, -0.2) is 9.59 Å². The maximum absolute atomic E-state index is 11.6. The molecule has 0 saturated carbocycles. The highest BCUT2D eigenvalue weighted by atomic mass is 16.6. The van der Waals surface area contributed by atoms with E-state index < -0.39 is 18.1 Å². The molecule has 0 aromatic rings. The van der Waals surface area contributed by atoms with E-state index in [9.17, 15) is 9.59 Å². The zero-order valence-corrected chi connectivity index (χ0v) is 9.39. The fraction of sp³-hybridized carbons (Fsp3) is 0.800. The van der Waals surface area contributed by atoms with Gasteiger partial charge in [0.25, 0.3) is 0 Å². The van der Waals surface area contributed by atoms with Gasteiger partial charge in [-0.2, -0.15) is 0 Å². The van der Waals surface area contributed by atoms with Crippen LogP contribution in [0.3, 0.4) is 0 Å². The summed E-state index contributed by atoms with van der Waals surface area (Å²) in [5.74, 6) is -1.03. The Hall–Kier alpha value is -1.30. The van der Waals surface area contributed by atoms with E-state index in [1.54, 1.807) is 0 Å². The highest BCUT2D eigenvalue weighted by Gasteiger charge is 2.38. The lowest BCUT2D eigenvalue weighted by molar-refractivity contribution is -0.141. The van der Waals surface area contributed by atoms with Gasteiger partial charge in [-0.3, -0.25) is 4.90 Å². The molecule has 2 unspecified atom stereocenters. The van der Waals surface area contributed by atoms with Crippen LogP contribution in [-0.2, 0) is 9.53 Å². The molecular formula is C10H18N2O4. The predicted molar refractivity (Wildman–Crippen MR) is 57.0 cm³/mol. The van der Waals surface area contributed by atoms with Crippen LogP contribution in [0.15, 0.2) is 0 Å². The summed E-state index contributed by atoms with van der Waals surface area (Å²) in [6.07, 6.45) is 1.42. The molecule has 1 heterocycles. The molecule has 0 spiro atoms. The summed E-state index contributed by atoms with van der Waals surface area (Å²) in [5.41, 5.74) is 5.63. The lowest BCUT2D eigenvalue weighted by Crippen LogP contribution is -2.41. The molecule has 6 nitrogen and oxygen atoms in total. The number of likely N-dealkylation sites (tertiary alicyclic amines) is 1. The van der Waals surface area contributed by atoms with Gasteiger partial charge in [0.15, 0.2) is 0 Å². The van der Waals surface area contributed by atoms with Crippen LogP contribution in [0.4, 0.5) is 4.79 Å². The van der Waals surface area contributed by atoms with Crippen molar-refractivity contribution in [3.8, 4) is 0 Å². The number of aliphatic carboxylic acids is 1. The zero-order chi connectivity index (χ0) is 12.1. The molecular weight excluding hydrogens is 212 g/mol. The Bertz CT molecular complexity index is 270. The molecule has 1 rings (SSSR count). The van der Waals surface area contributed by atoms with Crippen LogP contribution < -0.4 is 5.73 Å². The molecule has 16 heavy (non-hydrogen) atoms. The fourth-order valence-electron chi connectivity index (χ4n) is 1.69. The van der Waals surface area contributed by atoms with Gasteiger partial charge in [-0.15, -0.1) is 0 Å². The zero-order valence-electron chi connectivity index (χ0n) is 9.39. The van der Waals surface area contributed by atoms with Gasteiger partial charge in [-0.1, -0.05) is 13.3 Å². The summed E-state index contributed by atoms with van der Waals surface area (Å²) in [4.78, 5) is 23.6. The number of carboxylic acid groups (broad SMARTS) is 1. The average molecular weight is 230 g/mol. The van der Waals surface area contributed by atoms with Gasteiger partial charge < -0.3 is 15.6 Å². The average Bonchev–Trinajstić information content (AvgIpc) is 2.61. The number of nitrogens with zero attached hydrogens (tertiary/aromatic N) is 1.